The topological polar surface area (TPSA) is 33.0 Å². The number of rotatable bonds is 2. The molecule has 0 N–H and O–H groups in total. The summed E-state index contributed by atoms with van der Waals surface area (Å²) in [5, 5.41) is 9.45. The van der Waals surface area contributed by atoms with Crippen LogP contribution < -0.4 is 0 Å². The molecule has 0 unspecified atom stereocenters. The Morgan fingerprint density at radius 2 is 1.36 bits per heavy atom. The number of hydrogen-bond acceptors (Lipinski definition) is 2. The molecule has 0 aromatic heterocycles. The van der Waals surface area contributed by atoms with Crippen LogP contribution in [0.2, 0.25) is 0 Å². The van der Waals surface area contributed by atoms with Gasteiger partial charge in [0.1, 0.15) is 0 Å². The lowest BCUT2D eigenvalue weighted by Crippen LogP contribution is -2.48. The van der Waals surface area contributed by atoms with Gasteiger partial charge in [0.2, 0.25) is 0 Å². The summed E-state index contributed by atoms with van der Waals surface area (Å²) in [5.74, 6) is 0. The minimum absolute atomic E-state index is 0.0873. The summed E-state index contributed by atoms with van der Waals surface area (Å²) >= 11 is 0. The zero-order valence-electron chi connectivity index (χ0n) is 10.6. The maximum Gasteiger partial charge on any atom is 0.0902 e. The monoisotopic (exact) mass is 197 g/mol. The van der Waals surface area contributed by atoms with Gasteiger partial charge >= 0.3 is 0 Å². The molecule has 0 aliphatic heterocycles. The van der Waals surface area contributed by atoms with E-state index in [0.717, 1.165) is 0 Å². The molecule has 0 saturated carbocycles. The number of hydrogen-bond donors (Lipinski definition) is 0. The van der Waals surface area contributed by atoms with E-state index in [1.807, 2.05) is 0 Å². The van der Waals surface area contributed by atoms with Gasteiger partial charge in [-0.2, -0.15) is 5.26 Å². The highest BCUT2D eigenvalue weighted by Gasteiger charge is 2.51. The zero-order chi connectivity index (χ0) is 11.6. The second-order valence-electron chi connectivity index (χ2n) is 5.95. The minimum Gasteiger partial charge on any atom is -0.383 e. The third kappa shape index (κ3) is 2.09. The summed E-state index contributed by atoms with van der Waals surface area (Å²) in [6, 6.07) is 2.47. The molecule has 0 bridgehead atoms. The Balaban J connectivity index is 5.36. The van der Waals surface area contributed by atoms with Crippen LogP contribution in [-0.4, -0.2) is 13.7 Å². The first-order valence-corrected chi connectivity index (χ1v) is 5.02. The van der Waals surface area contributed by atoms with E-state index in [9.17, 15) is 5.26 Å². The van der Waals surface area contributed by atoms with Crippen LogP contribution in [-0.2, 0) is 4.74 Å². The van der Waals surface area contributed by atoms with Gasteiger partial charge in [0.15, 0.2) is 0 Å². The van der Waals surface area contributed by atoms with Crippen LogP contribution >= 0.6 is 0 Å². The van der Waals surface area contributed by atoms with Gasteiger partial charge in [-0.3, -0.25) is 0 Å². The molecule has 0 saturated heterocycles. The molecule has 0 radical (unpaired) electrons. The number of nitrogens with zero attached hydrogens (tertiary/aromatic N) is 1. The second-order valence-corrected chi connectivity index (χ2v) is 5.95. The van der Waals surface area contributed by atoms with Crippen molar-refractivity contribution in [2.45, 2.75) is 41.5 Å². The lowest BCUT2D eigenvalue weighted by molar-refractivity contribution is -0.0415. The third-order valence-corrected chi connectivity index (χ3v) is 3.11. The molecule has 0 spiro atoms. The summed E-state index contributed by atoms with van der Waals surface area (Å²) in [4.78, 5) is 0. The Labute approximate surface area is 88.3 Å². The maximum atomic E-state index is 9.45. The SMILES string of the molecule is COCC(C#N)(C(C)(C)C)C(C)(C)C. The Hall–Kier alpha value is -0.550. The smallest absolute Gasteiger partial charge is 0.0902 e. The van der Waals surface area contributed by atoms with Crippen molar-refractivity contribution in [2.24, 2.45) is 16.2 Å². The van der Waals surface area contributed by atoms with E-state index in [-0.39, 0.29) is 10.8 Å². The van der Waals surface area contributed by atoms with Gasteiger partial charge in [-0.25, -0.2) is 0 Å². The molecule has 0 aromatic rings. The lowest BCUT2D eigenvalue weighted by Gasteiger charge is -2.48. The Morgan fingerprint density at radius 3 is 1.43 bits per heavy atom. The Kier molecular flexibility index (Phi) is 3.75. The number of methoxy groups -OCH3 is 1. The van der Waals surface area contributed by atoms with Crippen LogP contribution in [0.15, 0.2) is 0 Å². The van der Waals surface area contributed by atoms with E-state index in [0.29, 0.717) is 6.61 Å². The van der Waals surface area contributed by atoms with Crippen LogP contribution in [0, 0.1) is 27.6 Å². The quantitative estimate of drug-likeness (QED) is 0.681. The molecule has 0 amide bonds. The Morgan fingerprint density at radius 1 is 1.00 bits per heavy atom. The van der Waals surface area contributed by atoms with Crippen LogP contribution in [0.1, 0.15) is 41.5 Å². The van der Waals surface area contributed by atoms with Crippen molar-refractivity contribution in [1.82, 2.24) is 0 Å². The lowest BCUT2D eigenvalue weighted by atomic mass is 9.55. The van der Waals surface area contributed by atoms with Gasteiger partial charge in [-0.15, -0.1) is 0 Å². The van der Waals surface area contributed by atoms with Gasteiger partial charge in [0.25, 0.3) is 0 Å². The molecule has 0 rings (SSSR count). The molecule has 0 aromatic carbocycles. The van der Waals surface area contributed by atoms with Crippen molar-refractivity contribution in [3.63, 3.8) is 0 Å². The van der Waals surface area contributed by atoms with Gasteiger partial charge in [0, 0.05) is 7.11 Å². The van der Waals surface area contributed by atoms with Gasteiger partial charge in [-0.1, -0.05) is 41.5 Å². The van der Waals surface area contributed by atoms with Crippen LogP contribution in [0.5, 0.6) is 0 Å². The fourth-order valence-electron chi connectivity index (χ4n) is 2.14. The third-order valence-electron chi connectivity index (χ3n) is 3.11. The average Bonchev–Trinajstić information content (AvgIpc) is 1.94. The van der Waals surface area contributed by atoms with Crippen LogP contribution in [0.3, 0.4) is 0 Å². The van der Waals surface area contributed by atoms with Crippen molar-refractivity contribution < 1.29 is 4.74 Å². The number of ether oxygens (including phenoxy) is 1. The van der Waals surface area contributed by atoms with Crippen molar-refractivity contribution in [3.8, 4) is 6.07 Å². The molecular weight excluding hydrogens is 174 g/mol. The predicted octanol–water partition coefficient (Wildman–Crippen LogP) is 3.23. The van der Waals surface area contributed by atoms with Crippen molar-refractivity contribution in [3.05, 3.63) is 0 Å². The predicted molar refractivity (Wildman–Crippen MR) is 58.8 cm³/mol. The fourth-order valence-corrected chi connectivity index (χ4v) is 2.14. The molecule has 82 valence electrons. The standard InChI is InChI=1S/C12H23NO/c1-10(2,3)12(8-13,9-14-7)11(4,5)6/h9H2,1-7H3. The average molecular weight is 197 g/mol. The van der Waals surface area contributed by atoms with Crippen LogP contribution in [0.25, 0.3) is 0 Å². The maximum absolute atomic E-state index is 9.45. The largest absolute Gasteiger partial charge is 0.383 e. The van der Waals surface area contributed by atoms with Gasteiger partial charge in [-0.05, 0) is 10.8 Å². The molecule has 0 fully saturated rings. The second kappa shape index (κ2) is 3.90. The summed E-state index contributed by atoms with van der Waals surface area (Å²) in [5.41, 5.74) is -0.624. The summed E-state index contributed by atoms with van der Waals surface area (Å²) in [6.07, 6.45) is 0. The highest BCUT2D eigenvalue weighted by molar-refractivity contribution is 5.12. The Bertz CT molecular complexity index is 210. The van der Waals surface area contributed by atoms with E-state index in [1.54, 1.807) is 7.11 Å². The molecule has 2 nitrogen and oxygen atoms in total. The molecule has 14 heavy (non-hydrogen) atoms. The first kappa shape index (κ1) is 13.4. The first-order chi connectivity index (χ1) is 6.12. The molecule has 2 heteroatoms. The fraction of sp³-hybridized carbons (Fsp3) is 0.917. The van der Waals surface area contributed by atoms with Crippen molar-refractivity contribution in [2.75, 3.05) is 13.7 Å². The van der Waals surface area contributed by atoms with E-state index < -0.39 is 5.41 Å². The molecule has 0 aliphatic rings. The normalized spacial score (nSPS) is 13.9. The van der Waals surface area contributed by atoms with Crippen molar-refractivity contribution >= 4 is 0 Å². The van der Waals surface area contributed by atoms with Gasteiger partial charge in [0.05, 0.1) is 18.1 Å². The summed E-state index contributed by atoms with van der Waals surface area (Å²) in [7, 11) is 1.66. The highest BCUT2D eigenvalue weighted by Crippen LogP contribution is 2.51. The first-order valence-electron chi connectivity index (χ1n) is 5.02. The highest BCUT2D eigenvalue weighted by atomic mass is 16.5. The minimum atomic E-state index is -0.450. The van der Waals surface area contributed by atoms with Crippen LogP contribution in [0.4, 0.5) is 0 Å². The van der Waals surface area contributed by atoms with E-state index >= 15 is 0 Å². The summed E-state index contributed by atoms with van der Waals surface area (Å²) in [6.45, 7) is 13.1. The molecule has 0 aliphatic carbocycles. The van der Waals surface area contributed by atoms with E-state index in [1.165, 1.54) is 0 Å². The summed E-state index contributed by atoms with van der Waals surface area (Å²) < 4.78 is 5.23. The van der Waals surface area contributed by atoms with E-state index in [2.05, 4.69) is 47.6 Å². The van der Waals surface area contributed by atoms with Gasteiger partial charge < -0.3 is 4.74 Å². The zero-order valence-corrected chi connectivity index (χ0v) is 10.6. The molecule has 0 atom stereocenters. The van der Waals surface area contributed by atoms with E-state index in [4.69, 9.17) is 4.74 Å². The molecular formula is C12H23NO. The number of nitriles is 1. The van der Waals surface area contributed by atoms with Crippen molar-refractivity contribution in [1.29, 1.82) is 5.26 Å². The molecule has 0 heterocycles.